The standard InChI is InChI=1S/C8H7BO4/c10-8-7-2-1-6(9(11)12)3-5(7)4-13-8/h1-3,11-12H,4H2. The predicted molar refractivity (Wildman–Crippen MR) is 45.4 cm³/mol. The fourth-order valence-electron chi connectivity index (χ4n) is 1.31. The van der Waals surface area contributed by atoms with E-state index in [9.17, 15) is 4.79 Å². The molecule has 1 aliphatic rings. The van der Waals surface area contributed by atoms with E-state index in [1.54, 1.807) is 12.1 Å². The minimum Gasteiger partial charge on any atom is -0.457 e. The monoisotopic (exact) mass is 178 g/mol. The molecule has 2 rings (SSSR count). The van der Waals surface area contributed by atoms with E-state index >= 15 is 0 Å². The molecule has 5 heteroatoms. The van der Waals surface area contributed by atoms with Crippen molar-refractivity contribution >= 4 is 18.6 Å². The molecule has 0 radical (unpaired) electrons. The summed E-state index contributed by atoms with van der Waals surface area (Å²) < 4.78 is 4.76. The minimum absolute atomic E-state index is 0.217. The normalized spacial score (nSPS) is 13.8. The first-order valence-electron chi connectivity index (χ1n) is 3.84. The van der Waals surface area contributed by atoms with E-state index in [4.69, 9.17) is 14.8 Å². The third-order valence-electron chi connectivity index (χ3n) is 2.01. The Hall–Kier alpha value is -1.33. The molecule has 0 atom stereocenters. The van der Waals surface area contributed by atoms with Crippen molar-refractivity contribution in [3.8, 4) is 0 Å². The van der Waals surface area contributed by atoms with Crippen LogP contribution >= 0.6 is 0 Å². The Kier molecular flexibility index (Phi) is 1.83. The summed E-state index contributed by atoms with van der Waals surface area (Å²) in [6.45, 7) is 0.217. The number of esters is 1. The Morgan fingerprint density at radius 3 is 2.85 bits per heavy atom. The van der Waals surface area contributed by atoms with Gasteiger partial charge in [-0.05, 0) is 11.5 Å². The van der Waals surface area contributed by atoms with Crippen LogP contribution in [0.1, 0.15) is 15.9 Å². The Bertz CT molecular complexity index is 361. The van der Waals surface area contributed by atoms with E-state index in [-0.39, 0.29) is 12.6 Å². The van der Waals surface area contributed by atoms with Crippen molar-refractivity contribution in [1.82, 2.24) is 0 Å². The zero-order valence-corrected chi connectivity index (χ0v) is 6.73. The molecule has 13 heavy (non-hydrogen) atoms. The average Bonchev–Trinajstić information content (AvgIpc) is 2.47. The molecule has 1 aromatic carbocycles. The van der Waals surface area contributed by atoms with Gasteiger partial charge >= 0.3 is 13.1 Å². The Morgan fingerprint density at radius 1 is 1.38 bits per heavy atom. The van der Waals surface area contributed by atoms with Crippen molar-refractivity contribution in [2.24, 2.45) is 0 Å². The molecule has 0 amide bonds. The topological polar surface area (TPSA) is 66.8 Å². The minimum atomic E-state index is -1.50. The molecule has 2 N–H and O–H groups in total. The van der Waals surface area contributed by atoms with Gasteiger partial charge in [0.05, 0.1) is 5.56 Å². The van der Waals surface area contributed by atoms with Gasteiger partial charge in [0, 0.05) is 5.56 Å². The fourth-order valence-corrected chi connectivity index (χ4v) is 1.31. The molecule has 0 bridgehead atoms. The second-order valence-corrected chi connectivity index (χ2v) is 2.87. The van der Waals surface area contributed by atoms with E-state index in [1.165, 1.54) is 6.07 Å². The summed E-state index contributed by atoms with van der Waals surface area (Å²) in [4.78, 5) is 11.0. The van der Waals surface area contributed by atoms with Crippen molar-refractivity contribution in [3.05, 3.63) is 29.3 Å². The molecule has 0 saturated carbocycles. The third-order valence-corrected chi connectivity index (χ3v) is 2.01. The van der Waals surface area contributed by atoms with E-state index in [0.717, 1.165) is 0 Å². The SMILES string of the molecule is O=C1OCc2cc(B(O)O)ccc21. The first-order valence-corrected chi connectivity index (χ1v) is 3.84. The van der Waals surface area contributed by atoms with Gasteiger partial charge in [0.15, 0.2) is 0 Å². The van der Waals surface area contributed by atoms with Gasteiger partial charge < -0.3 is 14.8 Å². The molecule has 0 unspecified atom stereocenters. The lowest BCUT2D eigenvalue weighted by molar-refractivity contribution is 0.0535. The Morgan fingerprint density at radius 2 is 2.15 bits per heavy atom. The summed E-state index contributed by atoms with van der Waals surface area (Å²) >= 11 is 0. The van der Waals surface area contributed by atoms with Gasteiger partial charge in [-0.1, -0.05) is 12.1 Å². The number of benzene rings is 1. The van der Waals surface area contributed by atoms with E-state index in [0.29, 0.717) is 16.6 Å². The van der Waals surface area contributed by atoms with Crippen molar-refractivity contribution in [2.45, 2.75) is 6.61 Å². The second kappa shape index (κ2) is 2.87. The smallest absolute Gasteiger partial charge is 0.457 e. The summed E-state index contributed by atoms with van der Waals surface area (Å²) in [7, 11) is -1.50. The molecule has 0 aliphatic carbocycles. The van der Waals surface area contributed by atoms with Crippen molar-refractivity contribution in [1.29, 1.82) is 0 Å². The molecule has 0 aromatic heterocycles. The molecule has 0 saturated heterocycles. The van der Waals surface area contributed by atoms with Crippen molar-refractivity contribution in [3.63, 3.8) is 0 Å². The molecule has 66 valence electrons. The zero-order chi connectivity index (χ0) is 9.42. The maximum Gasteiger partial charge on any atom is 0.488 e. The number of cyclic esters (lactones) is 1. The lowest BCUT2D eigenvalue weighted by Crippen LogP contribution is -2.30. The van der Waals surface area contributed by atoms with E-state index < -0.39 is 7.12 Å². The van der Waals surface area contributed by atoms with Crippen LogP contribution in [0.4, 0.5) is 0 Å². The van der Waals surface area contributed by atoms with Crippen LogP contribution in [0, 0.1) is 0 Å². The summed E-state index contributed by atoms with van der Waals surface area (Å²) in [6.07, 6.45) is 0. The third kappa shape index (κ3) is 1.32. The van der Waals surface area contributed by atoms with Gasteiger partial charge in [-0.15, -0.1) is 0 Å². The van der Waals surface area contributed by atoms with E-state index in [1.807, 2.05) is 0 Å². The van der Waals surface area contributed by atoms with Crippen molar-refractivity contribution in [2.75, 3.05) is 0 Å². The van der Waals surface area contributed by atoms with Crippen LogP contribution in [0.2, 0.25) is 0 Å². The molecular formula is C8H7BO4. The van der Waals surface area contributed by atoms with Crippen LogP contribution < -0.4 is 5.46 Å². The van der Waals surface area contributed by atoms with Gasteiger partial charge in [0.2, 0.25) is 0 Å². The summed E-state index contributed by atoms with van der Waals surface area (Å²) in [5.74, 6) is -0.353. The molecule has 0 spiro atoms. The highest BCUT2D eigenvalue weighted by Gasteiger charge is 2.22. The van der Waals surface area contributed by atoms with Crippen LogP contribution in [0.5, 0.6) is 0 Å². The molecule has 0 fully saturated rings. The predicted octanol–water partition coefficient (Wildman–Crippen LogP) is -0.963. The zero-order valence-electron chi connectivity index (χ0n) is 6.73. The number of carbonyl (C=O) groups excluding carboxylic acids is 1. The van der Waals surface area contributed by atoms with Crippen LogP contribution in [0.25, 0.3) is 0 Å². The highest BCUT2D eigenvalue weighted by molar-refractivity contribution is 6.58. The van der Waals surface area contributed by atoms with Crippen molar-refractivity contribution < 1.29 is 19.6 Å². The highest BCUT2D eigenvalue weighted by atomic mass is 16.5. The summed E-state index contributed by atoms with van der Waals surface area (Å²) in [5.41, 5.74) is 1.58. The van der Waals surface area contributed by atoms with Crippen LogP contribution in [-0.4, -0.2) is 23.1 Å². The highest BCUT2D eigenvalue weighted by Crippen LogP contribution is 2.17. The quantitative estimate of drug-likeness (QED) is 0.429. The molecule has 1 aliphatic heterocycles. The van der Waals surface area contributed by atoms with Crippen LogP contribution in [0.3, 0.4) is 0 Å². The van der Waals surface area contributed by atoms with Gasteiger partial charge in [-0.25, -0.2) is 4.79 Å². The maximum atomic E-state index is 11.0. The average molecular weight is 178 g/mol. The molecule has 4 nitrogen and oxygen atoms in total. The number of hydrogen-bond acceptors (Lipinski definition) is 4. The van der Waals surface area contributed by atoms with Gasteiger partial charge in [-0.2, -0.15) is 0 Å². The van der Waals surface area contributed by atoms with Gasteiger partial charge in [0.25, 0.3) is 0 Å². The number of hydrogen-bond donors (Lipinski definition) is 2. The second-order valence-electron chi connectivity index (χ2n) is 2.87. The van der Waals surface area contributed by atoms with E-state index in [2.05, 4.69) is 0 Å². The lowest BCUT2D eigenvalue weighted by atomic mass is 9.79. The number of rotatable bonds is 1. The maximum absolute atomic E-state index is 11.0. The number of carbonyl (C=O) groups is 1. The molecule has 1 aromatic rings. The first-order chi connectivity index (χ1) is 6.18. The fraction of sp³-hybridized carbons (Fsp3) is 0.125. The van der Waals surface area contributed by atoms with Crippen LogP contribution in [0.15, 0.2) is 18.2 Å². The molecular weight excluding hydrogens is 171 g/mol. The first kappa shape index (κ1) is 8.28. The number of fused-ring (bicyclic) bond motifs is 1. The molecule has 1 heterocycles. The Labute approximate surface area is 74.9 Å². The number of ether oxygens (including phenoxy) is 1. The van der Waals surface area contributed by atoms with Gasteiger partial charge in [0.1, 0.15) is 6.61 Å². The summed E-state index contributed by atoms with van der Waals surface area (Å²) in [6, 6.07) is 4.60. The summed E-state index contributed by atoms with van der Waals surface area (Å²) in [5, 5.41) is 17.7. The van der Waals surface area contributed by atoms with Crippen LogP contribution in [-0.2, 0) is 11.3 Å². The lowest BCUT2D eigenvalue weighted by Gasteiger charge is -1.99. The Balaban J connectivity index is 2.45. The van der Waals surface area contributed by atoms with Gasteiger partial charge in [-0.3, -0.25) is 0 Å². The largest absolute Gasteiger partial charge is 0.488 e.